The van der Waals surface area contributed by atoms with Crippen molar-refractivity contribution in [2.24, 2.45) is 0 Å². The van der Waals surface area contributed by atoms with Crippen molar-refractivity contribution in [2.45, 2.75) is 37.6 Å². The van der Waals surface area contributed by atoms with Gasteiger partial charge >= 0.3 is 0 Å². The highest BCUT2D eigenvalue weighted by molar-refractivity contribution is 5.94. The van der Waals surface area contributed by atoms with Crippen LogP contribution in [0.15, 0.2) is 48.8 Å². The quantitative estimate of drug-likeness (QED) is 0.322. The van der Waals surface area contributed by atoms with Gasteiger partial charge in [-0.05, 0) is 18.6 Å². The Bertz CT molecular complexity index is 1460. The molecule has 15 nitrogen and oxygen atoms in total. The Kier molecular flexibility index (Phi) is 8.38. The Hall–Kier alpha value is -4.92. The maximum absolute atomic E-state index is 13.6. The van der Waals surface area contributed by atoms with E-state index in [-0.39, 0.29) is 44.2 Å². The number of amides is 5. The van der Waals surface area contributed by atoms with Gasteiger partial charge in [-0.3, -0.25) is 24.0 Å². The van der Waals surface area contributed by atoms with Crippen LogP contribution in [-0.2, 0) is 30.3 Å². The van der Waals surface area contributed by atoms with E-state index in [2.05, 4.69) is 31.0 Å². The van der Waals surface area contributed by atoms with Gasteiger partial charge in [-0.25, -0.2) is 9.50 Å². The van der Waals surface area contributed by atoms with E-state index in [9.17, 15) is 24.0 Å². The van der Waals surface area contributed by atoms with Gasteiger partial charge in [0.1, 0.15) is 12.1 Å². The van der Waals surface area contributed by atoms with E-state index in [1.54, 1.807) is 12.3 Å². The molecule has 5 rings (SSSR count). The lowest BCUT2D eigenvalue weighted by atomic mass is 10.0. The minimum absolute atomic E-state index is 0.0295. The number of likely N-dealkylation sites (N-methyl/N-ethyl adjacent to an activating group) is 1. The lowest BCUT2D eigenvalue weighted by Crippen LogP contribution is -2.59. The van der Waals surface area contributed by atoms with Gasteiger partial charge in [0.25, 0.3) is 17.6 Å². The monoisotopic (exact) mass is 577 g/mol. The summed E-state index contributed by atoms with van der Waals surface area (Å²) >= 11 is 0. The maximum Gasteiger partial charge on any atom is 0.293 e. The Morgan fingerprint density at radius 2 is 1.83 bits per heavy atom. The summed E-state index contributed by atoms with van der Waals surface area (Å²) < 4.78 is 7.39. The number of carbonyl (C=O) groups is 5. The number of rotatable bonds is 3. The van der Waals surface area contributed by atoms with Crippen LogP contribution in [0, 0.1) is 0 Å². The molecule has 15 heteroatoms. The first-order valence-electron chi connectivity index (χ1n) is 13.5. The fraction of sp³-hybridized carbons (Fsp3) is 0.407. The van der Waals surface area contributed by atoms with E-state index in [0.717, 1.165) is 5.56 Å². The number of fused-ring (bicyclic) bond motifs is 3. The number of morpholine rings is 1. The third-order valence-corrected chi connectivity index (χ3v) is 6.98. The van der Waals surface area contributed by atoms with Crippen LogP contribution in [0.25, 0.3) is 5.78 Å². The summed E-state index contributed by atoms with van der Waals surface area (Å²) in [6.45, 7) is 1.04. The van der Waals surface area contributed by atoms with Gasteiger partial charge in [0.2, 0.25) is 23.5 Å². The van der Waals surface area contributed by atoms with E-state index in [0.29, 0.717) is 0 Å². The van der Waals surface area contributed by atoms with Crippen molar-refractivity contribution in [2.75, 3.05) is 33.2 Å². The second-order valence-electron chi connectivity index (χ2n) is 10.2. The van der Waals surface area contributed by atoms with Crippen LogP contribution < -0.4 is 16.0 Å². The lowest BCUT2D eigenvalue weighted by molar-refractivity contribution is -0.148. The molecule has 0 saturated carbocycles. The standard InChI is InChI=1S/C27H31N9O6/c1-16-23(38)29-12-18-13-35(26(41)22-32-27-28-9-6-10-36(27)33-22)14-20(42-18)24(39)31-19(11-17-7-4-3-5-8-17)25(40)34(2)15-21(37)30-16/h3-10,16,18-20H,11-15H2,1-2H3,(H,29,38)(H,30,37)(H,31,39)/t16-,18+,19-,20-/m1/s1. The van der Waals surface area contributed by atoms with Gasteiger partial charge in [-0.2, -0.15) is 4.98 Å². The van der Waals surface area contributed by atoms with Crippen LogP contribution in [0.3, 0.4) is 0 Å². The largest absolute Gasteiger partial charge is 0.360 e. The number of carbonyl (C=O) groups excluding carboxylic acids is 5. The molecule has 0 aliphatic carbocycles. The van der Waals surface area contributed by atoms with Crippen molar-refractivity contribution < 1.29 is 28.7 Å². The van der Waals surface area contributed by atoms with E-state index < -0.39 is 53.8 Å². The van der Waals surface area contributed by atoms with E-state index in [4.69, 9.17) is 4.74 Å². The van der Waals surface area contributed by atoms with Gasteiger partial charge in [0.15, 0.2) is 6.10 Å². The maximum atomic E-state index is 13.6. The van der Waals surface area contributed by atoms with Crippen molar-refractivity contribution >= 4 is 35.3 Å². The summed E-state index contributed by atoms with van der Waals surface area (Å²) in [6, 6.07) is 8.83. The fourth-order valence-electron chi connectivity index (χ4n) is 4.82. The van der Waals surface area contributed by atoms with Gasteiger partial charge in [-0.15, -0.1) is 5.10 Å². The molecule has 220 valence electrons. The number of hydrogen-bond donors (Lipinski definition) is 3. The fourth-order valence-corrected chi connectivity index (χ4v) is 4.82. The smallest absolute Gasteiger partial charge is 0.293 e. The number of nitrogens with zero attached hydrogens (tertiary/aromatic N) is 6. The number of hydrogen-bond acceptors (Lipinski definition) is 9. The zero-order valence-corrected chi connectivity index (χ0v) is 23.1. The normalized spacial score (nSPS) is 24.3. The second kappa shape index (κ2) is 12.3. The topological polar surface area (TPSA) is 180 Å². The predicted octanol–water partition coefficient (Wildman–Crippen LogP) is -1.85. The van der Waals surface area contributed by atoms with Crippen molar-refractivity contribution in [1.29, 1.82) is 0 Å². The van der Waals surface area contributed by atoms with Crippen molar-refractivity contribution in [3.63, 3.8) is 0 Å². The summed E-state index contributed by atoms with van der Waals surface area (Å²) in [5.41, 5.74) is 0.793. The highest BCUT2D eigenvalue weighted by Gasteiger charge is 2.38. The first kappa shape index (κ1) is 28.6. The molecular weight excluding hydrogens is 546 g/mol. The van der Waals surface area contributed by atoms with Crippen LogP contribution in [0.4, 0.5) is 0 Å². The van der Waals surface area contributed by atoms with E-state index in [1.807, 2.05) is 30.3 Å². The molecule has 4 atom stereocenters. The highest BCUT2D eigenvalue weighted by Crippen LogP contribution is 2.16. The molecule has 0 spiro atoms. The highest BCUT2D eigenvalue weighted by atomic mass is 16.5. The first-order valence-corrected chi connectivity index (χ1v) is 13.5. The van der Waals surface area contributed by atoms with Crippen LogP contribution in [-0.4, -0.2) is 116 Å². The number of nitrogens with one attached hydrogen (secondary N) is 3. The molecule has 2 aliphatic heterocycles. The number of benzene rings is 1. The third-order valence-electron chi connectivity index (χ3n) is 6.98. The Labute approximate surface area is 240 Å². The van der Waals surface area contributed by atoms with Crippen LogP contribution in [0.2, 0.25) is 0 Å². The molecule has 4 heterocycles. The van der Waals surface area contributed by atoms with Gasteiger partial charge < -0.3 is 30.5 Å². The number of ether oxygens (including phenoxy) is 1. The summed E-state index contributed by atoms with van der Waals surface area (Å²) in [7, 11) is 1.44. The van der Waals surface area contributed by atoms with Crippen molar-refractivity contribution in [1.82, 2.24) is 45.3 Å². The summed E-state index contributed by atoms with van der Waals surface area (Å²) in [6.07, 6.45) is 1.34. The van der Waals surface area contributed by atoms with Crippen molar-refractivity contribution in [3.05, 3.63) is 60.2 Å². The predicted molar refractivity (Wildman–Crippen MR) is 146 cm³/mol. The summed E-state index contributed by atoms with van der Waals surface area (Å²) in [4.78, 5) is 76.7. The summed E-state index contributed by atoms with van der Waals surface area (Å²) in [5, 5.41) is 12.2. The molecule has 3 aromatic rings. The minimum Gasteiger partial charge on any atom is -0.360 e. The molecule has 5 amide bonds. The third kappa shape index (κ3) is 6.52. The van der Waals surface area contributed by atoms with Crippen LogP contribution in [0.5, 0.6) is 0 Å². The molecule has 3 N–H and O–H groups in total. The van der Waals surface area contributed by atoms with Crippen LogP contribution in [0.1, 0.15) is 23.1 Å². The summed E-state index contributed by atoms with van der Waals surface area (Å²) in [5.74, 6) is -2.57. The molecule has 0 unspecified atom stereocenters. The molecule has 2 aliphatic rings. The Morgan fingerprint density at radius 1 is 1.05 bits per heavy atom. The molecule has 2 fully saturated rings. The zero-order chi connectivity index (χ0) is 29.8. The van der Waals surface area contributed by atoms with Crippen LogP contribution >= 0.6 is 0 Å². The molecular formula is C27H31N9O6. The molecule has 2 aromatic heterocycles. The van der Waals surface area contributed by atoms with E-state index in [1.165, 1.54) is 34.5 Å². The molecule has 1 aromatic carbocycles. The lowest BCUT2D eigenvalue weighted by Gasteiger charge is -2.37. The Morgan fingerprint density at radius 3 is 2.60 bits per heavy atom. The van der Waals surface area contributed by atoms with E-state index >= 15 is 0 Å². The van der Waals surface area contributed by atoms with Gasteiger partial charge in [0.05, 0.1) is 19.2 Å². The SMILES string of the molecule is C[C@H]1NC(=O)CN(C)C(=O)[C@@H](Cc2ccccc2)NC(=O)[C@H]2CN(C(=O)c3nc4ncccn4n3)C[C@H](CNC1=O)O2. The molecule has 0 radical (unpaired) electrons. The minimum atomic E-state index is -1.17. The molecule has 2 bridgehead atoms. The second-order valence-corrected chi connectivity index (χ2v) is 10.2. The Balaban J connectivity index is 1.43. The average molecular weight is 578 g/mol. The molecule has 2 saturated heterocycles. The average Bonchev–Trinajstić information content (AvgIpc) is 3.43. The van der Waals surface area contributed by atoms with Crippen molar-refractivity contribution in [3.8, 4) is 0 Å². The zero-order valence-electron chi connectivity index (χ0n) is 23.1. The first-order chi connectivity index (χ1) is 20.2. The van der Waals surface area contributed by atoms with Gasteiger partial charge in [0, 0.05) is 39.0 Å². The van der Waals surface area contributed by atoms with Gasteiger partial charge in [-0.1, -0.05) is 30.3 Å². The molecule has 42 heavy (non-hydrogen) atoms. The number of aromatic nitrogens is 4.